The van der Waals surface area contributed by atoms with Crippen molar-refractivity contribution >= 4 is 45.9 Å². The number of anilines is 1. The number of ether oxygens (including phenoxy) is 3. The number of benzene rings is 2. The molecule has 1 aromatic heterocycles. The Morgan fingerprint density at radius 1 is 1.00 bits per heavy atom. The van der Waals surface area contributed by atoms with Gasteiger partial charge in [0.1, 0.15) is 5.75 Å². The molecule has 4 rings (SSSR count). The summed E-state index contributed by atoms with van der Waals surface area (Å²) in [7, 11) is 1.22. The molecular formula is C26H29Cl2N3O5. The Bertz CT molecular complexity index is 1260. The Morgan fingerprint density at radius 3 is 2.56 bits per heavy atom. The summed E-state index contributed by atoms with van der Waals surface area (Å²) < 4.78 is 16.8. The van der Waals surface area contributed by atoms with Crippen molar-refractivity contribution < 1.29 is 19.0 Å². The first-order chi connectivity index (χ1) is 17.5. The van der Waals surface area contributed by atoms with Gasteiger partial charge in [-0.1, -0.05) is 29.3 Å². The van der Waals surface area contributed by atoms with Gasteiger partial charge in [0.25, 0.3) is 5.56 Å². The summed E-state index contributed by atoms with van der Waals surface area (Å²) in [5, 5.41) is 2.04. The molecule has 2 aromatic carbocycles. The third-order valence-corrected chi connectivity index (χ3v) is 7.03. The fourth-order valence-electron chi connectivity index (χ4n) is 4.24. The zero-order valence-corrected chi connectivity index (χ0v) is 21.6. The van der Waals surface area contributed by atoms with E-state index in [1.165, 1.54) is 17.7 Å². The number of hydrogen-bond donors (Lipinski definition) is 0. The normalized spacial score (nSPS) is 14.1. The molecule has 0 bridgehead atoms. The summed E-state index contributed by atoms with van der Waals surface area (Å²) in [6.07, 6.45) is 1.08. The molecule has 0 unspecified atom stereocenters. The van der Waals surface area contributed by atoms with Crippen LogP contribution in [0.4, 0.5) is 10.5 Å². The number of methoxy groups -OCH3 is 1. The Kier molecular flexibility index (Phi) is 8.96. The molecule has 36 heavy (non-hydrogen) atoms. The van der Waals surface area contributed by atoms with Gasteiger partial charge in [-0.25, -0.2) is 4.79 Å². The average molecular weight is 534 g/mol. The van der Waals surface area contributed by atoms with Crippen LogP contribution in [0.3, 0.4) is 0 Å². The second-order valence-corrected chi connectivity index (χ2v) is 9.29. The molecule has 0 radical (unpaired) electrons. The minimum atomic E-state index is -0.846. The number of piperazine rings is 1. The standard InChI is InChI=1S/C26H29Cl2N3O5/c1-34-26(33)36-18-31-23-17-20(9-7-19(23)8-10-24(31)32)35-16-3-2-11-29-12-14-30(15-13-29)22-6-4-5-21(27)25(22)28/h4-10,17H,2-3,11-16,18H2,1H3. The van der Waals surface area contributed by atoms with E-state index in [1.807, 2.05) is 30.3 Å². The lowest BCUT2D eigenvalue weighted by molar-refractivity contribution is 0.0490. The van der Waals surface area contributed by atoms with Crippen molar-refractivity contribution in [2.45, 2.75) is 19.6 Å². The zero-order chi connectivity index (χ0) is 25.5. The van der Waals surface area contributed by atoms with Gasteiger partial charge in [-0.3, -0.25) is 14.3 Å². The maximum atomic E-state index is 12.3. The lowest BCUT2D eigenvalue weighted by Crippen LogP contribution is -2.46. The third-order valence-electron chi connectivity index (χ3n) is 6.22. The van der Waals surface area contributed by atoms with E-state index in [-0.39, 0.29) is 12.3 Å². The molecule has 1 aliphatic rings. The number of pyridine rings is 1. The van der Waals surface area contributed by atoms with E-state index in [1.54, 1.807) is 12.1 Å². The topological polar surface area (TPSA) is 73.2 Å². The minimum absolute atomic E-state index is 0.233. The number of hydrogen-bond acceptors (Lipinski definition) is 7. The first kappa shape index (κ1) is 26.1. The molecule has 10 heteroatoms. The van der Waals surface area contributed by atoms with Crippen molar-refractivity contribution in [3.8, 4) is 5.75 Å². The third kappa shape index (κ3) is 6.43. The second-order valence-electron chi connectivity index (χ2n) is 8.50. The maximum Gasteiger partial charge on any atom is 0.509 e. The maximum absolute atomic E-state index is 12.3. The molecule has 0 aliphatic carbocycles. The highest BCUT2D eigenvalue weighted by Gasteiger charge is 2.19. The number of carbonyl (C=O) groups is 1. The summed E-state index contributed by atoms with van der Waals surface area (Å²) >= 11 is 12.5. The van der Waals surface area contributed by atoms with E-state index in [4.69, 9.17) is 32.7 Å². The largest absolute Gasteiger partial charge is 0.509 e. The highest BCUT2D eigenvalue weighted by molar-refractivity contribution is 6.43. The Hall–Kier alpha value is -2.94. The van der Waals surface area contributed by atoms with E-state index in [9.17, 15) is 9.59 Å². The SMILES string of the molecule is COC(=O)OCn1c(=O)ccc2ccc(OCCCCN3CCN(c4cccc(Cl)c4Cl)CC3)cc21. The van der Waals surface area contributed by atoms with Gasteiger partial charge in [0.15, 0.2) is 6.73 Å². The van der Waals surface area contributed by atoms with Gasteiger partial charge in [0.05, 0.1) is 35.0 Å². The van der Waals surface area contributed by atoms with Gasteiger partial charge in [0, 0.05) is 38.3 Å². The highest BCUT2D eigenvalue weighted by atomic mass is 35.5. The number of rotatable bonds is 9. The molecule has 3 aromatic rings. The molecule has 1 aliphatic heterocycles. The van der Waals surface area contributed by atoms with Crippen LogP contribution in [0.25, 0.3) is 10.9 Å². The van der Waals surface area contributed by atoms with Crippen LogP contribution in [0.2, 0.25) is 10.0 Å². The van der Waals surface area contributed by atoms with Crippen molar-refractivity contribution in [1.82, 2.24) is 9.47 Å². The molecule has 0 amide bonds. The first-order valence-electron chi connectivity index (χ1n) is 11.8. The fourth-order valence-corrected chi connectivity index (χ4v) is 4.66. The number of halogens is 2. The van der Waals surface area contributed by atoms with Crippen LogP contribution >= 0.6 is 23.2 Å². The molecule has 0 spiro atoms. The molecule has 0 atom stereocenters. The quantitative estimate of drug-likeness (QED) is 0.282. The summed E-state index contributed by atoms with van der Waals surface area (Å²) in [4.78, 5) is 28.4. The minimum Gasteiger partial charge on any atom is -0.494 e. The van der Waals surface area contributed by atoms with Crippen LogP contribution in [-0.2, 0) is 16.2 Å². The number of fused-ring (bicyclic) bond motifs is 1. The smallest absolute Gasteiger partial charge is 0.494 e. The Balaban J connectivity index is 1.23. The number of aromatic nitrogens is 1. The Labute approximate surface area is 219 Å². The average Bonchev–Trinajstić information content (AvgIpc) is 2.89. The molecule has 0 N–H and O–H groups in total. The van der Waals surface area contributed by atoms with Crippen molar-refractivity contribution in [3.05, 3.63) is 68.9 Å². The number of carbonyl (C=O) groups excluding carboxylic acids is 1. The van der Waals surface area contributed by atoms with Gasteiger partial charge >= 0.3 is 6.16 Å². The van der Waals surface area contributed by atoms with Gasteiger partial charge < -0.3 is 19.1 Å². The van der Waals surface area contributed by atoms with Crippen LogP contribution in [0.1, 0.15) is 12.8 Å². The van der Waals surface area contributed by atoms with E-state index < -0.39 is 6.16 Å². The predicted octanol–water partition coefficient (Wildman–Crippen LogP) is 5.03. The molecule has 1 fully saturated rings. The summed E-state index contributed by atoms with van der Waals surface area (Å²) in [6.45, 7) is 5.11. The van der Waals surface area contributed by atoms with E-state index >= 15 is 0 Å². The summed E-state index contributed by atoms with van der Waals surface area (Å²) in [5.74, 6) is 0.659. The van der Waals surface area contributed by atoms with E-state index in [0.29, 0.717) is 27.9 Å². The molecule has 2 heterocycles. The predicted molar refractivity (Wildman–Crippen MR) is 142 cm³/mol. The van der Waals surface area contributed by atoms with Crippen LogP contribution in [0, 0.1) is 0 Å². The van der Waals surface area contributed by atoms with Crippen molar-refractivity contribution in [3.63, 3.8) is 0 Å². The van der Waals surface area contributed by atoms with Crippen LogP contribution in [0.15, 0.2) is 53.3 Å². The molecule has 1 saturated heterocycles. The summed E-state index contributed by atoms with van der Waals surface area (Å²) in [5.41, 5.74) is 1.35. The fraction of sp³-hybridized carbons (Fsp3) is 0.385. The highest BCUT2D eigenvalue weighted by Crippen LogP contribution is 2.32. The molecular weight excluding hydrogens is 505 g/mol. The lowest BCUT2D eigenvalue weighted by Gasteiger charge is -2.36. The van der Waals surface area contributed by atoms with E-state index in [2.05, 4.69) is 14.5 Å². The molecule has 0 saturated carbocycles. The van der Waals surface area contributed by atoms with Crippen molar-refractivity contribution in [2.24, 2.45) is 0 Å². The van der Waals surface area contributed by atoms with Crippen LogP contribution < -0.4 is 15.2 Å². The van der Waals surface area contributed by atoms with Gasteiger partial charge in [-0.15, -0.1) is 0 Å². The first-order valence-corrected chi connectivity index (χ1v) is 12.6. The monoisotopic (exact) mass is 533 g/mol. The van der Waals surface area contributed by atoms with E-state index in [0.717, 1.165) is 56.6 Å². The molecule has 192 valence electrons. The Morgan fingerprint density at radius 2 is 1.78 bits per heavy atom. The van der Waals surface area contributed by atoms with Crippen LogP contribution in [-0.4, -0.2) is 62.1 Å². The van der Waals surface area contributed by atoms with Crippen molar-refractivity contribution in [1.29, 1.82) is 0 Å². The second kappa shape index (κ2) is 12.3. The number of nitrogens with zero attached hydrogens (tertiary/aromatic N) is 3. The zero-order valence-electron chi connectivity index (χ0n) is 20.1. The number of unbranched alkanes of at least 4 members (excludes halogenated alkanes) is 1. The lowest BCUT2D eigenvalue weighted by atomic mass is 10.2. The van der Waals surface area contributed by atoms with Gasteiger partial charge in [-0.2, -0.15) is 0 Å². The van der Waals surface area contributed by atoms with Gasteiger partial charge in [-0.05, 0) is 55.1 Å². The van der Waals surface area contributed by atoms with Crippen molar-refractivity contribution in [2.75, 3.05) is 51.3 Å². The van der Waals surface area contributed by atoms with Gasteiger partial charge in [0.2, 0.25) is 0 Å². The molecule has 8 nitrogen and oxygen atoms in total. The van der Waals surface area contributed by atoms with Crippen LogP contribution in [0.5, 0.6) is 5.75 Å². The summed E-state index contributed by atoms with van der Waals surface area (Å²) in [6, 6.07) is 14.5.